The number of phenols is 1. The Labute approximate surface area is 126 Å². The van der Waals surface area contributed by atoms with Gasteiger partial charge in [-0.25, -0.2) is 0 Å². The van der Waals surface area contributed by atoms with E-state index >= 15 is 0 Å². The van der Waals surface area contributed by atoms with E-state index in [1.54, 1.807) is 36.4 Å². The maximum Gasteiger partial charge on any atom is 0.282 e. The van der Waals surface area contributed by atoms with Crippen LogP contribution in [0.2, 0.25) is 0 Å². The molecule has 0 fully saturated rings. The van der Waals surface area contributed by atoms with Crippen molar-refractivity contribution >= 4 is 18.0 Å². The van der Waals surface area contributed by atoms with Gasteiger partial charge in [0.25, 0.3) is 11.8 Å². The van der Waals surface area contributed by atoms with Crippen LogP contribution in [0.4, 0.5) is 0 Å². The number of ether oxygens (including phenoxy) is 1. The van der Waals surface area contributed by atoms with E-state index in [-0.39, 0.29) is 5.75 Å². The predicted octanol–water partition coefficient (Wildman–Crippen LogP) is 2.03. The van der Waals surface area contributed by atoms with Crippen LogP contribution in [-0.2, 0) is 0 Å². The summed E-state index contributed by atoms with van der Waals surface area (Å²) in [6, 6.07) is 11.1. The van der Waals surface area contributed by atoms with E-state index in [1.165, 1.54) is 19.4 Å². The summed E-state index contributed by atoms with van der Waals surface area (Å²) in [5.74, 6) is -0.471. The number of benzene rings is 2. The SMILES string of the molecule is COc1ccc(O)c(/C=N/N2C(=O)c3ccccc3C2=O)c1. The van der Waals surface area contributed by atoms with Gasteiger partial charge in [0.05, 0.1) is 24.5 Å². The quantitative estimate of drug-likeness (QED) is 0.694. The Morgan fingerprint density at radius 3 is 2.32 bits per heavy atom. The summed E-state index contributed by atoms with van der Waals surface area (Å²) in [4.78, 5) is 24.3. The summed E-state index contributed by atoms with van der Waals surface area (Å²) in [5.41, 5.74) is 0.981. The molecule has 0 saturated carbocycles. The molecule has 2 aromatic carbocycles. The van der Waals surface area contributed by atoms with Gasteiger partial charge in [-0.2, -0.15) is 10.1 Å². The molecule has 2 aromatic rings. The molecule has 1 aliphatic heterocycles. The molecule has 0 aromatic heterocycles. The third-order valence-electron chi connectivity index (χ3n) is 3.32. The van der Waals surface area contributed by atoms with Crippen molar-refractivity contribution in [1.82, 2.24) is 5.01 Å². The molecule has 0 spiro atoms. The van der Waals surface area contributed by atoms with Crippen molar-refractivity contribution in [2.24, 2.45) is 5.10 Å². The molecule has 1 aliphatic rings. The fraction of sp³-hybridized carbons (Fsp3) is 0.0625. The number of methoxy groups -OCH3 is 1. The van der Waals surface area contributed by atoms with Crippen LogP contribution in [0.1, 0.15) is 26.3 Å². The normalized spacial score (nSPS) is 13.8. The van der Waals surface area contributed by atoms with E-state index in [0.29, 0.717) is 22.4 Å². The van der Waals surface area contributed by atoms with Crippen molar-refractivity contribution in [2.75, 3.05) is 7.11 Å². The first-order valence-electron chi connectivity index (χ1n) is 6.50. The van der Waals surface area contributed by atoms with Crippen LogP contribution in [0.15, 0.2) is 47.6 Å². The van der Waals surface area contributed by atoms with E-state index in [2.05, 4.69) is 5.10 Å². The summed E-state index contributed by atoms with van der Waals surface area (Å²) in [6.45, 7) is 0. The Bertz CT molecular complexity index is 763. The fourth-order valence-electron chi connectivity index (χ4n) is 2.16. The van der Waals surface area contributed by atoms with E-state index in [1.807, 2.05) is 0 Å². The Morgan fingerprint density at radius 1 is 1.09 bits per heavy atom. The van der Waals surface area contributed by atoms with Gasteiger partial charge < -0.3 is 9.84 Å². The number of nitrogens with zero attached hydrogens (tertiary/aromatic N) is 2. The van der Waals surface area contributed by atoms with Gasteiger partial charge in [0.1, 0.15) is 11.5 Å². The third kappa shape index (κ3) is 2.20. The number of hydrogen-bond acceptors (Lipinski definition) is 5. The number of fused-ring (bicyclic) bond motifs is 1. The first kappa shape index (κ1) is 13.8. The number of amides is 2. The van der Waals surface area contributed by atoms with Gasteiger partial charge in [-0.1, -0.05) is 12.1 Å². The lowest BCUT2D eigenvalue weighted by Gasteiger charge is -2.07. The van der Waals surface area contributed by atoms with Crippen molar-refractivity contribution in [2.45, 2.75) is 0 Å². The van der Waals surface area contributed by atoms with Crippen molar-refractivity contribution in [3.05, 3.63) is 59.2 Å². The van der Waals surface area contributed by atoms with E-state index in [4.69, 9.17) is 4.74 Å². The highest BCUT2D eigenvalue weighted by molar-refractivity contribution is 6.21. The van der Waals surface area contributed by atoms with Crippen LogP contribution in [0.3, 0.4) is 0 Å². The molecule has 0 saturated heterocycles. The molecule has 110 valence electrons. The summed E-state index contributed by atoms with van der Waals surface area (Å²) in [5, 5.41) is 14.5. The Kier molecular flexibility index (Phi) is 3.34. The maximum absolute atomic E-state index is 12.1. The van der Waals surface area contributed by atoms with Crippen molar-refractivity contribution < 1.29 is 19.4 Å². The molecule has 22 heavy (non-hydrogen) atoms. The third-order valence-corrected chi connectivity index (χ3v) is 3.32. The number of imide groups is 1. The highest BCUT2D eigenvalue weighted by Gasteiger charge is 2.35. The number of hydrazone groups is 1. The lowest BCUT2D eigenvalue weighted by atomic mass is 10.1. The zero-order chi connectivity index (χ0) is 15.7. The van der Waals surface area contributed by atoms with Gasteiger partial charge in [0, 0.05) is 5.56 Å². The van der Waals surface area contributed by atoms with Gasteiger partial charge in [-0.3, -0.25) is 9.59 Å². The highest BCUT2D eigenvalue weighted by atomic mass is 16.5. The van der Waals surface area contributed by atoms with Crippen molar-refractivity contribution in [3.8, 4) is 11.5 Å². The first-order chi connectivity index (χ1) is 10.6. The second kappa shape index (κ2) is 5.33. The van der Waals surface area contributed by atoms with E-state index < -0.39 is 11.8 Å². The van der Waals surface area contributed by atoms with E-state index in [0.717, 1.165) is 5.01 Å². The highest BCUT2D eigenvalue weighted by Crippen LogP contribution is 2.24. The predicted molar refractivity (Wildman–Crippen MR) is 79.2 cm³/mol. The monoisotopic (exact) mass is 296 g/mol. The minimum absolute atomic E-state index is 0.0267. The standard InChI is InChI=1S/C16H12N2O4/c1-22-11-6-7-14(19)10(8-11)9-17-18-15(20)12-4-2-3-5-13(12)16(18)21/h2-9,19H,1H3/b17-9+. The van der Waals surface area contributed by atoms with Gasteiger partial charge in [-0.05, 0) is 30.3 Å². The van der Waals surface area contributed by atoms with Gasteiger partial charge in [-0.15, -0.1) is 0 Å². The molecule has 6 nitrogen and oxygen atoms in total. The largest absolute Gasteiger partial charge is 0.507 e. The summed E-state index contributed by atoms with van der Waals surface area (Å²) >= 11 is 0. The minimum Gasteiger partial charge on any atom is -0.507 e. The smallest absolute Gasteiger partial charge is 0.282 e. The second-order valence-electron chi connectivity index (χ2n) is 4.64. The van der Waals surface area contributed by atoms with Crippen LogP contribution in [0, 0.1) is 0 Å². The molecule has 1 N–H and O–H groups in total. The van der Waals surface area contributed by atoms with Crippen LogP contribution in [-0.4, -0.2) is 35.3 Å². The molecule has 0 aliphatic carbocycles. The van der Waals surface area contributed by atoms with Gasteiger partial charge >= 0.3 is 0 Å². The average molecular weight is 296 g/mol. The number of carbonyl (C=O) groups excluding carboxylic acids is 2. The van der Waals surface area contributed by atoms with Crippen LogP contribution in [0.25, 0.3) is 0 Å². The molecule has 0 atom stereocenters. The molecule has 2 amide bonds. The van der Waals surface area contributed by atoms with Crippen LogP contribution in [0.5, 0.6) is 11.5 Å². The number of phenolic OH excluding ortho intramolecular Hbond substituents is 1. The number of rotatable bonds is 3. The number of aromatic hydroxyl groups is 1. The Balaban J connectivity index is 1.92. The molecule has 0 unspecified atom stereocenters. The zero-order valence-corrected chi connectivity index (χ0v) is 11.7. The minimum atomic E-state index is -0.487. The van der Waals surface area contributed by atoms with E-state index in [9.17, 15) is 14.7 Å². The zero-order valence-electron chi connectivity index (χ0n) is 11.7. The van der Waals surface area contributed by atoms with Crippen molar-refractivity contribution in [3.63, 3.8) is 0 Å². The number of carbonyl (C=O) groups is 2. The molecular weight excluding hydrogens is 284 g/mol. The summed E-state index contributed by atoms with van der Waals surface area (Å²) < 4.78 is 5.05. The average Bonchev–Trinajstić information content (AvgIpc) is 2.79. The molecule has 3 rings (SSSR count). The van der Waals surface area contributed by atoms with Crippen LogP contribution < -0.4 is 4.74 Å². The first-order valence-corrected chi connectivity index (χ1v) is 6.50. The second-order valence-corrected chi connectivity index (χ2v) is 4.64. The Morgan fingerprint density at radius 2 is 1.73 bits per heavy atom. The maximum atomic E-state index is 12.1. The number of hydrogen-bond donors (Lipinski definition) is 1. The lowest BCUT2D eigenvalue weighted by Crippen LogP contribution is -2.24. The molecule has 6 heteroatoms. The van der Waals surface area contributed by atoms with Gasteiger partial charge in [0.15, 0.2) is 0 Å². The lowest BCUT2D eigenvalue weighted by molar-refractivity contribution is 0.0660. The van der Waals surface area contributed by atoms with Gasteiger partial charge in [0.2, 0.25) is 0 Å². The molecular formula is C16H12N2O4. The van der Waals surface area contributed by atoms with Crippen LogP contribution >= 0.6 is 0 Å². The molecule has 0 radical (unpaired) electrons. The Hall–Kier alpha value is -3.15. The molecule has 1 heterocycles. The molecule has 0 bridgehead atoms. The summed E-state index contributed by atoms with van der Waals surface area (Å²) in [6.07, 6.45) is 1.25. The van der Waals surface area contributed by atoms with Crippen molar-refractivity contribution in [1.29, 1.82) is 0 Å². The fourth-order valence-corrected chi connectivity index (χ4v) is 2.16. The summed E-state index contributed by atoms with van der Waals surface area (Å²) in [7, 11) is 1.50. The topological polar surface area (TPSA) is 79.2 Å².